The summed E-state index contributed by atoms with van der Waals surface area (Å²) in [6.45, 7) is 3.59. The van der Waals surface area contributed by atoms with Crippen LogP contribution in [0.15, 0.2) is 30.3 Å². The number of carbonyl (C=O) groups excluding carboxylic acids is 2. The molecule has 0 aromatic heterocycles. The second kappa shape index (κ2) is 9.33. The normalized spacial score (nSPS) is 12.3. The summed E-state index contributed by atoms with van der Waals surface area (Å²) in [5, 5.41) is 8.16. The van der Waals surface area contributed by atoms with Crippen molar-refractivity contribution < 1.29 is 18.9 Å². The molecule has 0 aliphatic rings. The van der Waals surface area contributed by atoms with Gasteiger partial charge in [0.1, 0.15) is 6.61 Å². The van der Waals surface area contributed by atoms with Crippen molar-refractivity contribution in [2.45, 2.75) is 12.6 Å². The molecule has 1 atom stereocenters. The molecule has 7 nitrogen and oxygen atoms in total. The molecule has 0 unspecified atom stereocenters. The minimum atomic E-state index is -2.83. The van der Waals surface area contributed by atoms with Crippen molar-refractivity contribution in [3.63, 3.8) is 0 Å². The largest absolute Gasteiger partial charge is 0.445 e. The van der Waals surface area contributed by atoms with Gasteiger partial charge in [0.25, 0.3) is 5.65 Å². The van der Waals surface area contributed by atoms with E-state index < -0.39 is 18.9 Å². The second-order valence-corrected chi connectivity index (χ2v) is 8.61. The fourth-order valence-electron chi connectivity index (χ4n) is 1.75. The molecule has 1 aromatic rings. The van der Waals surface area contributed by atoms with E-state index in [9.17, 15) is 14.2 Å². The van der Waals surface area contributed by atoms with E-state index in [1.807, 2.05) is 30.3 Å². The van der Waals surface area contributed by atoms with Crippen molar-refractivity contribution >= 4 is 18.9 Å². The average molecular weight is 341 g/mol. The highest BCUT2D eigenvalue weighted by atomic mass is 31.2. The molecule has 0 radical (unpaired) electrons. The summed E-state index contributed by atoms with van der Waals surface area (Å²) >= 11 is 0. The minimum absolute atomic E-state index is 0.171. The molecular weight excluding hydrogens is 317 g/mol. The Hall–Kier alpha value is -1.85. The van der Waals surface area contributed by atoms with Gasteiger partial charge in [0, 0.05) is 13.1 Å². The van der Waals surface area contributed by atoms with E-state index in [1.165, 1.54) is 13.3 Å². The third-order valence-electron chi connectivity index (χ3n) is 2.97. The Labute approximate surface area is 136 Å². The van der Waals surface area contributed by atoms with Crippen LogP contribution in [-0.2, 0) is 15.9 Å². The van der Waals surface area contributed by atoms with Crippen LogP contribution >= 0.6 is 7.14 Å². The predicted molar refractivity (Wildman–Crippen MR) is 90.3 cm³/mol. The van der Waals surface area contributed by atoms with E-state index in [1.54, 1.807) is 7.05 Å². The molecule has 3 N–H and O–H groups in total. The van der Waals surface area contributed by atoms with E-state index in [-0.39, 0.29) is 19.2 Å². The highest BCUT2D eigenvalue weighted by Crippen LogP contribution is 2.36. The number of benzene rings is 1. The van der Waals surface area contributed by atoms with Gasteiger partial charge in [-0.2, -0.15) is 0 Å². The fourth-order valence-corrected chi connectivity index (χ4v) is 2.23. The summed E-state index contributed by atoms with van der Waals surface area (Å²) in [6.07, 6.45) is -0.570. The summed E-state index contributed by atoms with van der Waals surface area (Å²) in [7, 11) is -1.10. The minimum Gasteiger partial charge on any atom is -0.445 e. The Morgan fingerprint density at radius 3 is 2.39 bits per heavy atom. The van der Waals surface area contributed by atoms with Gasteiger partial charge in [0.2, 0.25) is 0 Å². The molecule has 0 heterocycles. The topological polar surface area (TPSA) is 96.5 Å². The summed E-state index contributed by atoms with van der Waals surface area (Å²) in [4.78, 5) is 23.4. The maximum Gasteiger partial charge on any atom is 0.407 e. The number of amides is 2. The maximum atomic E-state index is 11.8. The molecule has 0 saturated carbocycles. The zero-order valence-corrected chi connectivity index (χ0v) is 14.6. The molecule has 8 heteroatoms. The van der Waals surface area contributed by atoms with Crippen LogP contribution in [0.3, 0.4) is 0 Å². The Kier molecular flexibility index (Phi) is 7.78. The van der Waals surface area contributed by atoms with Gasteiger partial charge in [0.15, 0.2) is 7.14 Å². The second-order valence-electron chi connectivity index (χ2n) is 5.50. The van der Waals surface area contributed by atoms with E-state index in [0.29, 0.717) is 6.54 Å². The molecule has 1 aromatic carbocycles. The lowest BCUT2D eigenvalue weighted by Gasteiger charge is -2.19. The summed E-state index contributed by atoms with van der Waals surface area (Å²) < 4.78 is 16.8. The molecule has 1 rings (SSSR count). The van der Waals surface area contributed by atoms with Gasteiger partial charge in [-0.15, -0.1) is 0 Å². The number of hydrogen-bond acceptors (Lipinski definition) is 5. The summed E-state index contributed by atoms with van der Waals surface area (Å²) in [5.74, 6) is 0. The van der Waals surface area contributed by atoms with Crippen molar-refractivity contribution in [1.82, 2.24) is 16.0 Å². The SMILES string of the molecule is CNC[C@H](CNC(=O)P(C)(C)=O)NC(=O)OCc1ccccc1. The number of rotatable bonds is 8. The lowest BCUT2D eigenvalue weighted by molar-refractivity contribution is 0.135. The first-order valence-corrected chi connectivity index (χ1v) is 9.88. The van der Waals surface area contributed by atoms with Crippen LogP contribution in [0.25, 0.3) is 0 Å². The third kappa shape index (κ3) is 7.81. The molecular formula is C15H24N3O4P. The Bertz CT molecular complexity index is 559. The van der Waals surface area contributed by atoms with E-state index in [4.69, 9.17) is 4.74 Å². The van der Waals surface area contributed by atoms with Crippen LogP contribution < -0.4 is 16.0 Å². The zero-order chi connectivity index (χ0) is 17.3. The number of alkyl carbamates (subject to hydrolysis) is 1. The van der Waals surface area contributed by atoms with Gasteiger partial charge >= 0.3 is 6.09 Å². The highest BCUT2D eigenvalue weighted by molar-refractivity contribution is 7.78. The average Bonchev–Trinajstić information content (AvgIpc) is 2.50. The molecule has 0 aliphatic heterocycles. The van der Waals surface area contributed by atoms with Crippen LogP contribution in [0.1, 0.15) is 5.56 Å². The van der Waals surface area contributed by atoms with Gasteiger partial charge in [-0.1, -0.05) is 30.3 Å². The third-order valence-corrected chi connectivity index (χ3v) is 4.11. The van der Waals surface area contributed by atoms with Crippen LogP contribution in [0.4, 0.5) is 9.59 Å². The van der Waals surface area contributed by atoms with Crippen LogP contribution in [0.5, 0.6) is 0 Å². The Morgan fingerprint density at radius 2 is 1.83 bits per heavy atom. The number of hydrogen-bond donors (Lipinski definition) is 3. The van der Waals surface area contributed by atoms with Gasteiger partial charge in [-0.25, -0.2) is 4.79 Å². The molecule has 0 fully saturated rings. The zero-order valence-electron chi connectivity index (χ0n) is 13.7. The first-order chi connectivity index (χ1) is 10.8. The van der Waals surface area contributed by atoms with E-state index in [0.717, 1.165) is 5.56 Å². The first kappa shape index (κ1) is 19.2. The van der Waals surface area contributed by atoms with Crippen molar-refractivity contribution in [1.29, 1.82) is 0 Å². The van der Waals surface area contributed by atoms with Crippen molar-refractivity contribution in [2.24, 2.45) is 0 Å². The fraction of sp³-hybridized carbons (Fsp3) is 0.467. The van der Waals surface area contributed by atoms with Gasteiger partial charge < -0.3 is 25.3 Å². The van der Waals surface area contributed by atoms with Crippen molar-refractivity contribution in [3.8, 4) is 0 Å². The summed E-state index contributed by atoms with van der Waals surface area (Å²) in [6, 6.07) is 8.97. The summed E-state index contributed by atoms with van der Waals surface area (Å²) in [5.41, 5.74) is 0.386. The molecule has 0 bridgehead atoms. The van der Waals surface area contributed by atoms with Crippen molar-refractivity contribution in [3.05, 3.63) is 35.9 Å². The van der Waals surface area contributed by atoms with E-state index in [2.05, 4.69) is 16.0 Å². The molecule has 2 amide bonds. The monoisotopic (exact) mass is 341 g/mol. The lowest BCUT2D eigenvalue weighted by Crippen LogP contribution is -2.48. The highest BCUT2D eigenvalue weighted by Gasteiger charge is 2.21. The van der Waals surface area contributed by atoms with Gasteiger partial charge in [-0.05, 0) is 25.9 Å². The first-order valence-electron chi connectivity index (χ1n) is 7.28. The van der Waals surface area contributed by atoms with Gasteiger partial charge in [0.05, 0.1) is 6.04 Å². The molecule has 0 spiro atoms. The Morgan fingerprint density at radius 1 is 1.17 bits per heavy atom. The number of ether oxygens (including phenoxy) is 1. The van der Waals surface area contributed by atoms with Crippen LogP contribution in [0, 0.1) is 0 Å². The van der Waals surface area contributed by atoms with Crippen LogP contribution in [-0.4, -0.2) is 51.3 Å². The van der Waals surface area contributed by atoms with Crippen molar-refractivity contribution in [2.75, 3.05) is 33.5 Å². The smallest absolute Gasteiger partial charge is 0.407 e. The number of carbonyl (C=O) groups is 2. The molecule has 0 saturated heterocycles. The standard InChI is InChI=1S/C15H24N3O4P/c1-16-9-13(10-17-15(20)23(2,3)21)18-14(19)22-11-12-7-5-4-6-8-12/h4-8,13,16H,9-11H2,1-3H3,(H,17,20)(H,18,19)/t13-/m1/s1. The number of nitrogens with one attached hydrogen (secondary N) is 3. The molecule has 128 valence electrons. The maximum absolute atomic E-state index is 11.8. The quantitative estimate of drug-likeness (QED) is 0.627. The Balaban J connectivity index is 2.43. The van der Waals surface area contributed by atoms with E-state index >= 15 is 0 Å². The van der Waals surface area contributed by atoms with Crippen LogP contribution in [0.2, 0.25) is 0 Å². The molecule has 23 heavy (non-hydrogen) atoms. The lowest BCUT2D eigenvalue weighted by atomic mass is 10.2. The van der Waals surface area contributed by atoms with Gasteiger partial charge in [-0.3, -0.25) is 4.79 Å². The number of likely N-dealkylation sites (N-methyl/N-ethyl adjacent to an activating group) is 1. The predicted octanol–water partition coefficient (Wildman–Crippen LogP) is 1.83. The molecule has 0 aliphatic carbocycles.